The van der Waals surface area contributed by atoms with Crippen LogP contribution in [0.25, 0.3) is 0 Å². The van der Waals surface area contributed by atoms with Crippen LogP contribution >= 0.6 is 15.9 Å². The number of hydrogen-bond acceptors (Lipinski definition) is 5. The molecule has 114 valence electrons. The second-order valence-electron chi connectivity index (χ2n) is 4.38. The van der Waals surface area contributed by atoms with Crippen molar-refractivity contribution in [1.82, 2.24) is 9.78 Å². The van der Waals surface area contributed by atoms with Crippen LogP contribution in [0, 0.1) is 6.92 Å². The Morgan fingerprint density at radius 1 is 1.43 bits per heavy atom. The molecule has 0 unspecified atom stereocenters. The molecular weight excluding hydrogens is 360 g/mol. The molecule has 9 heteroatoms. The first-order chi connectivity index (χ1) is 9.76. The van der Waals surface area contributed by atoms with E-state index in [1.807, 2.05) is 0 Å². The molecule has 2 rings (SSSR count). The number of nitrogen functional groups attached to an aromatic ring is 1. The Balaban J connectivity index is 2.40. The predicted molar refractivity (Wildman–Crippen MR) is 83.9 cm³/mol. The molecule has 7 nitrogen and oxygen atoms in total. The van der Waals surface area contributed by atoms with Crippen LogP contribution in [0.4, 0.5) is 11.5 Å². The van der Waals surface area contributed by atoms with Gasteiger partial charge in [-0.25, -0.2) is 8.42 Å². The number of aromatic nitrogens is 2. The summed E-state index contributed by atoms with van der Waals surface area (Å²) in [5.74, 6) is 0.574. The molecule has 0 atom stereocenters. The molecule has 0 saturated heterocycles. The average molecular weight is 375 g/mol. The third kappa shape index (κ3) is 2.98. The summed E-state index contributed by atoms with van der Waals surface area (Å²) in [6.07, 6.45) is 0. The van der Waals surface area contributed by atoms with Gasteiger partial charge in [0.25, 0.3) is 10.0 Å². The Bertz CT molecular complexity index is 786. The van der Waals surface area contributed by atoms with Gasteiger partial charge < -0.3 is 10.5 Å². The van der Waals surface area contributed by atoms with Gasteiger partial charge in [0.15, 0.2) is 10.7 Å². The number of aryl methyl sites for hydroxylation is 1. The van der Waals surface area contributed by atoms with Crippen molar-refractivity contribution in [2.24, 2.45) is 7.05 Å². The molecule has 0 bridgehead atoms. The van der Waals surface area contributed by atoms with Gasteiger partial charge in [0.05, 0.1) is 23.0 Å². The van der Waals surface area contributed by atoms with E-state index in [2.05, 4.69) is 25.8 Å². The number of methoxy groups -OCH3 is 1. The topological polar surface area (TPSA) is 99.2 Å². The second-order valence-corrected chi connectivity index (χ2v) is 6.85. The van der Waals surface area contributed by atoms with Crippen LogP contribution in [0.1, 0.15) is 5.69 Å². The number of hydrogen-bond donors (Lipinski definition) is 2. The molecular formula is C12H15BrN4O3S. The van der Waals surface area contributed by atoms with Crippen molar-refractivity contribution >= 4 is 37.5 Å². The van der Waals surface area contributed by atoms with Crippen molar-refractivity contribution in [3.8, 4) is 5.75 Å². The second kappa shape index (κ2) is 5.57. The number of sulfonamides is 1. The van der Waals surface area contributed by atoms with Crippen molar-refractivity contribution in [2.45, 2.75) is 11.8 Å². The van der Waals surface area contributed by atoms with Gasteiger partial charge >= 0.3 is 0 Å². The number of nitrogens with one attached hydrogen (secondary N) is 1. The fourth-order valence-electron chi connectivity index (χ4n) is 1.88. The van der Waals surface area contributed by atoms with Crippen molar-refractivity contribution < 1.29 is 13.2 Å². The number of nitrogens with two attached hydrogens (primary N) is 1. The van der Waals surface area contributed by atoms with Crippen LogP contribution in [0.2, 0.25) is 0 Å². The summed E-state index contributed by atoms with van der Waals surface area (Å²) in [6, 6.07) is 4.86. The van der Waals surface area contributed by atoms with Crippen LogP contribution in [0.5, 0.6) is 5.75 Å². The predicted octanol–water partition coefficient (Wildman–Crippen LogP) is 1.88. The van der Waals surface area contributed by atoms with Gasteiger partial charge in [-0.15, -0.1) is 0 Å². The van der Waals surface area contributed by atoms with Gasteiger partial charge in [0.1, 0.15) is 5.75 Å². The number of ether oxygens (including phenoxy) is 1. The summed E-state index contributed by atoms with van der Waals surface area (Å²) in [5.41, 5.74) is 6.54. The standard InChI is InChI=1S/C12H15BrN4O3S/c1-7-11(12(14)15-17(7)2)21(18,19)16-8-4-5-10(20-3)9(13)6-8/h4-6,16H,1-3H3,(H2,14,15). The minimum absolute atomic E-state index is 0.0167. The largest absolute Gasteiger partial charge is 0.496 e. The van der Waals surface area contributed by atoms with Crippen LogP contribution in [-0.4, -0.2) is 25.3 Å². The SMILES string of the molecule is COc1ccc(NS(=O)(=O)c2c(N)nn(C)c2C)cc1Br. The van der Waals surface area contributed by atoms with Crippen molar-refractivity contribution in [3.63, 3.8) is 0 Å². The smallest absolute Gasteiger partial charge is 0.267 e. The number of benzene rings is 1. The van der Waals surface area contributed by atoms with Gasteiger partial charge in [-0.3, -0.25) is 9.40 Å². The maximum absolute atomic E-state index is 12.4. The van der Waals surface area contributed by atoms with E-state index in [0.29, 0.717) is 21.6 Å². The molecule has 0 amide bonds. The molecule has 0 spiro atoms. The first kappa shape index (κ1) is 15.6. The highest BCUT2D eigenvalue weighted by atomic mass is 79.9. The van der Waals surface area contributed by atoms with E-state index in [1.165, 1.54) is 11.8 Å². The van der Waals surface area contributed by atoms with Crippen LogP contribution < -0.4 is 15.2 Å². The van der Waals surface area contributed by atoms with E-state index >= 15 is 0 Å². The molecule has 1 aromatic heterocycles. The third-order valence-corrected chi connectivity index (χ3v) is 5.14. The van der Waals surface area contributed by atoms with E-state index < -0.39 is 10.0 Å². The Hall–Kier alpha value is -1.74. The maximum atomic E-state index is 12.4. The first-order valence-corrected chi connectivity index (χ1v) is 8.19. The average Bonchev–Trinajstić information content (AvgIpc) is 2.63. The summed E-state index contributed by atoms with van der Waals surface area (Å²) in [4.78, 5) is -0.0167. The van der Waals surface area contributed by atoms with E-state index in [4.69, 9.17) is 10.5 Å². The molecule has 2 aromatic rings. The Morgan fingerprint density at radius 3 is 2.57 bits per heavy atom. The van der Waals surface area contributed by atoms with E-state index in [-0.39, 0.29) is 10.7 Å². The lowest BCUT2D eigenvalue weighted by molar-refractivity contribution is 0.412. The van der Waals surface area contributed by atoms with Crippen LogP contribution in [0.3, 0.4) is 0 Å². The summed E-state index contributed by atoms with van der Waals surface area (Å²) >= 11 is 3.30. The molecule has 0 aliphatic heterocycles. The van der Waals surface area contributed by atoms with E-state index in [1.54, 1.807) is 32.2 Å². The van der Waals surface area contributed by atoms with Crippen molar-refractivity contribution in [1.29, 1.82) is 0 Å². The lowest BCUT2D eigenvalue weighted by atomic mass is 10.3. The van der Waals surface area contributed by atoms with Gasteiger partial charge in [-0.2, -0.15) is 5.10 Å². The first-order valence-electron chi connectivity index (χ1n) is 5.91. The van der Waals surface area contributed by atoms with Gasteiger partial charge in [-0.1, -0.05) is 0 Å². The number of anilines is 2. The molecule has 0 aliphatic carbocycles. The number of rotatable bonds is 4. The Kier molecular flexibility index (Phi) is 4.15. The Morgan fingerprint density at radius 2 is 2.10 bits per heavy atom. The molecule has 21 heavy (non-hydrogen) atoms. The normalized spacial score (nSPS) is 11.4. The van der Waals surface area contributed by atoms with Gasteiger partial charge in [0.2, 0.25) is 0 Å². The maximum Gasteiger partial charge on any atom is 0.267 e. The lowest BCUT2D eigenvalue weighted by Gasteiger charge is -2.10. The number of nitrogens with zero attached hydrogens (tertiary/aromatic N) is 2. The highest BCUT2D eigenvalue weighted by molar-refractivity contribution is 9.10. The third-order valence-electron chi connectivity index (χ3n) is 2.98. The molecule has 1 heterocycles. The zero-order valence-electron chi connectivity index (χ0n) is 11.7. The molecule has 0 saturated carbocycles. The van der Waals surface area contributed by atoms with Crippen molar-refractivity contribution in [3.05, 3.63) is 28.4 Å². The molecule has 0 fully saturated rings. The summed E-state index contributed by atoms with van der Waals surface area (Å²) in [6.45, 7) is 1.64. The fraction of sp³-hybridized carbons (Fsp3) is 0.250. The highest BCUT2D eigenvalue weighted by Gasteiger charge is 2.24. The zero-order valence-corrected chi connectivity index (χ0v) is 14.1. The number of halogens is 1. The summed E-state index contributed by atoms with van der Waals surface area (Å²) in [7, 11) is -0.645. The zero-order chi connectivity index (χ0) is 15.8. The molecule has 0 aliphatic rings. The molecule has 3 N–H and O–H groups in total. The molecule has 1 aromatic carbocycles. The minimum Gasteiger partial charge on any atom is -0.496 e. The van der Waals surface area contributed by atoms with Crippen LogP contribution in [-0.2, 0) is 17.1 Å². The van der Waals surface area contributed by atoms with E-state index in [9.17, 15) is 8.42 Å². The summed E-state index contributed by atoms with van der Waals surface area (Å²) in [5, 5.41) is 3.91. The van der Waals surface area contributed by atoms with E-state index in [0.717, 1.165) is 0 Å². The monoisotopic (exact) mass is 374 g/mol. The Labute approximate surface area is 131 Å². The lowest BCUT2D eigenvalue weighted by Crippen LogP contribution is -2.15. The van der Waals surface area contributed by atoms with Gasteiger partial charge in [0, 0.05) is 7.05 Å². The van der Waals surface area contributed by atoms with Crippen LogP contribution in [0.15, 0.2) is 27.6 Å². The fourth-order valence-corrected chi connectivity index (χ4v) is 3.80. The van der Waals surface area contributed by atoms with Crippen molar-refractivity contribution in [2.75, 3.05) is 17.6 Å². The molecule has 0 radical (unpaired) electrons. The minimum atomic E-state index is -3.81. The van der Waals surface area contributed by atoms with Gasteiger partial charge in [-0.05, 0) is 41.1 Å². The quantitative estimate of drug-likeness (QED) is 0.850. The highest BCUT2D eigenvalue weighted by Crippen LogP contribution is 2.30. The summed E-state index contributed by atoms with van der Waals surface area (Å²) < 4.78 is 34.5.